The van der Waals surface area contributed by atoms with Gasteiger partial charge in [-0.15, -0.1) is 0 Å². The van der Waals surface area contributed by atoms with Crippen molar-refractivity contribution in [3.8, 4) is 0 Å². The third-order valence-electron chi connectivity index (χ3n) is 3.84. The highest BCUT2D eigenvalue weighted by atomic mass is 16.5. The predicted molar refractivity (Wildman–Crippen MR) is 72.4 cm³/mol. The van der Waals surface area contributed by atoms with Crippen molar-refractivity contribution >= 4 is 0 Å². The van der Waals surface area contributed by atoms with Gasteiger partial charge in [-0.1, -0.05) is 25.9 Å². The van der Waals surface area contributed by atoms with Gasteiger partial charge in [0.1, 0.15) is 5.76 Å². The van der Waals surface area contributed by atoms with Crippen LogP contribution in [0.1, 0.15) is 38.6 Å². The number of aromatic nitrogens is 1. The van der Waals surface area contributed by atoms with Crippen molar-refractivity contribution in [3.05, 3.63) is 17.5 Å². The van der Waals surface area contributed by atoms with Gasteiger partial charge >= 0.3 is 0 Å². The number of hydrogen-bond donors (Lipinski definition) is 1. The molecule has 0 radical (unpaired) electrons. The Morgan fingerprint density at radius 2 is 2.33 bits per heavy atom. The minimum atomic E-state index is 0.588. The minimum absolute atomic E-state index is 0.588. The summed E-state index contributed by atoms with van der Waals surface area (Å²) in [5.74, 6) is 1.55. The van der Waals surface area contributed by atoms with Gasteiger partial charge in [0, 0.05) is 37.8 Å². The van der Waals surface area contributed by atoms with E-state index in [1.54, 1.807) is 0 Å². The molecular weight excluding hydrogens is 226 g/mol. The fourth-order valence-corrected chi connectivity index (χ4v) is 2.71. The van der Waals surface area contributed by atoms with E-state index < -0.39 is 0 Å². The monoisotopic (exact) mass is 251 g/mol. The topological polar surface area (TPSA) is 41.3 Å². The summed E-state index contributed by atoms with van der Waals surface area (Å²) in [6, 6.07) is 3.23. The summed E-state index contributed by atoms with van der Waals surface area (Å²) in [5.41, 5.74) is 1.05. The van der Waals surface area contributed by atoms with E-state index in [0.717, 1.165) is 31.1 Å². The molecule has 2 unspecified atom stereocenters. The highest BCUT2D eigenvalue weighted by Crippen LogP contribution is 2.19. The van der Waals surface area contributed by atoms with Crippen molar-refractivity contribution < 1.29 is 4.52 Å². The molecule has 1 aromatic rings. The molecule has 0 aliphatic carbocycles. The van der Waals surface area contributed by atoms with Crippen molar-refractivity contribution in [2.24, 2.45) is 5.92 Å². The number of hydrogen-bond acceptors (Lipinski definition) is 4. The van der Waals surface area contributed by atoms with Crippen LogP contribution in [-0.4, -0.2) is 35.2 Å². The maximum absolute atomic E-state index is 5.16. The molecule has 1 aliphatic heterocycles. The van der Waals surface area contributed by atoms with E-state index in [-0.39, 0.29) is 0 Å². The van der Waals surface area contributed by atoms with Gasteiger partial charge in [-0.2, -0.15) is 0 Å². The van der Waals surface area contributed by atoms with Crippen LogP contribution in [0.25, 0.3) is 0 Å². The van der Waals surface area contributed by atoms with Crippen LogP contribution in [0.5, 0.6) is 0 Å². The molecule has 0 saturated carbocycles. The molecular formula is C14H25N3O. The number of piperazine rings is 1. The highest BCUT2D eigenvalue weighted by Gasteiger charge is 2.29. The Kier molecular flexibility index (Phi) is 4.40. The van der Waals surface area contributed by atoms with Gasteiger partial charge in [0.15, 0.2) is 0 Å². The lowest BCUT2D eigenvalue weighted by molar-refractivity contribution is 0.0877. The molecule has 18 heavy (non-hydrogen) atoms. The van der Waals surface area contributed by atoms with Gasteiger partial charge in [-0.3, -0.25) is 4.90 Å². The SMILES string of the molecule is CCC1CN(Cc2cc(C)on2)C(C(C)C)CN1. The van der Waals surface area contributed by atoms with Crippen LogP contribution in [0, 0.1) is 12.8 Å². The quantitative estimate of drug-likeness (QED) is 0.890. The van der Waals surface area contributed by atoms with Gasteiger partial charge in [0.2, 0.25) is 0 Å². The summed E-state index contributed by atoms with van der Waals surface area (Å²) in [6.07, 6.45) is 1.18. The molecule has 1 fully saturated rings. The normalized spacial score (nSPS) is 25.8. The second kappa shape index (κ2) is 5.85. The Hall–Kier alpha value is -0.870. The molecule has 2 atom stereocenters. The van der Waals surface area contributed by atoms with E-state index >= 15 is 0 Å². The average Bonchev–Trinajstić information content (AvgIpc) is 2.74. The number of rotatable bonds is 4. The summed E-state index contributed by atoms with van der Waals surface area (Å²) in [6.45, 7) is 11.9. The molecule has 0 spiro atoms. The summed E-state index contributed by atoms with van der Waals surface area (Å²) in [4.78, 5) is 2.55. The molecule has 2 heterocycles. The minimum Gasteiger partial charge on any atom is -0.361 e. The van der Waals surface area contributed by atoms with Crippen molar-refractivity contribution in [1.29, 1.82) is 0 Å². The third-order valence-corrected chi connectivity index (χ3v) is 3.84. The van der Waals surface area contributed by atoms with Crippen LogP contribution in [0.2, 0.25) is 0 Å². The molecule has 1 N–H and O–H groups in total. The van der Waals surface area contributed by atoms with E-state index in [1.807, 2.05) is 13.0 Å². The van der Waals surface area contributed by atoms with Crippen molar-refractivity contribution in [2.75, 3.05) is 13.1 Å². The summed E-state index contributed by atoms with van der Waals surface area (Å²) < 4.78 is 5.16. The van der Waals surface area contributed by atoms with Crippen LogP contribution in [-0.2, 0) is 6.54 Å². The lowest BCUT2D eigenvalue weighted by Crippen LogP contribution is -2.57. The lowest BCUT2D eigenvalue weighted by Gasteiger charge is -2.41. The number of aryl methyl sites for hydroxylation is 1. The molecule has 1 aromatic heterocycles. The van der Waals surface area contributed by atoms with E-state index in [4.69, 9.17) is 4.52 Å². The fourth-order valence-electron chi connectivity index (χ4n) is 2.71. The second-order valence-corrected chi connectivity index (χ2v) is 5.68. The third kappa shape index (κ3) is 3.12. The Morgan fingerprint density at radius 3 is 2.89 bits per heavy atom. The largest absolute Gasteiger partial charge is 0.361 e. The summed E-state index contributed by atoms with van der Waals surface area (Å²) >= 11 is 0. The van der Waals surface area contributed by atoms with Gasteiger partial charge in [0.05, 0.1) is 5.69 Å². The van der Waals surface area contributed by atoms with Gasteiger partial charge in [-0.25, -0.2) is 0 Å². The molecule has 2 rings (SSSR count). The Bertz CT molecular complexity index is 375. The van der Waals surface area contributed by atoms with Crippen molar-refractivity contribution in [1.82, 2.24) is 15.4 Å². The van der Waals surface area contributed by atoms with Crippen LogP contribution in [0.3, 0.4) is 0 Å². The standard InChI is InChI=1S/C14H25N3O/c1-5-12-8-17(14(7-15-12)10(2)3)9-13-6-11(4)18-16-13/h6,10,12,14-15H,5,7-9H2,1-4H3. The first-order chi connectivity index (χ1) is 8.60. The van der Waals surface area contributed by atoms with E-state index in [0.29, 0.717) is 18.0 Å². The Labute approximate surface area is 110 Å². The van der Waals surface area contributed by atoms with Gasteiger partial charge in [0.25, 0.3) is 0 Å². The molecule has 4 nitrogen and oxygen atoms in total. The van der Waals surface area contributed by atoms with E-state index in [9.17, 15) is 0 Å². The first kappa shape index (κ1) is 13.6. The van der Waals surface area contributed by atoms with E-state index in [1.165, 1.54) is 6.42 Å². The molecule has 102 valence electrons. The smallest absolute Gasteiger partial charge is 0.133 e. The molecule has 0 aromatic carbocycles. The Balaban J connectivity index is 2.04. The highest BCUT2D eigenvalue weighted by molar-refractivity contribution is 5.04. The summed E-state index contributed by atoms with van der Waals surface area (Å²) in [5, 5.41) is 7.75. The zero-order valence-electron chi connectivity index (χ0n) is 11.9. The average molecular weight is 251 g/mol. The maximum Gasteiger partial charge on any atom is 0.133 e. The lowest BCUT2D eigenvalue weighted by atomic mass is 9.97. The van der Waals surface area contributed by atoms with Crippen LogP contribution in [0.4, 0.5) is 0 Å². The molecule has 0 bridgehead atoms. The molecule has 1 saturated heterocycles. The predicted octanol–water partition coefficient (Wildman–Crippen LogP) is 2.19. The van der Waals surface area contributed by atoms with Gasteiger partial charge < -0.3 is 9.84 Å². The van der Waals surface area contributed by atoms with Crippen molar-refractivity contribution in [2.45, 2.75) is 52.7 Å². The summed E-state index contributed by atoms with van der Waals surface area (Å²) in [7, 11) is 0. The van der Waals surface area contributed by atoms with Crippen molar-refractivity contribution in [3.63, 3.8) is 0 Å². The van der Waals surface area contributed by atoms with Crippen LogP contribution in [0.15, 0.2) is 10.6 Å². The fraction of sp³-hybridized carbons (Fsp3) is 0.786. The van der Waals surface area contributed by atoms with Gasteiger partial charge in [-0.05, 0) is 19.3 Å². The van der Waals surface area contributed by atoms with Crippen LogP contribution < -0.4 is 5.32 Å². The maximum atomic E-state index is 5.16. The number of nitrogens with one attached hydrogen (secondary N) is 1. The Morgan fingerprint density at radius 1 is 1.56 bits per heavy atom. The molecule has 0 amide bonds. The first-order valence-electron chi connectivity index (χ1n) is 6.99. The zero-order chi connectivity index (χ0) is 13.1. The molecule has 1 aliphatic rings. The molecule has 4 heteroatoms. The number of nitrogens with zero attached hydrogens (tertiary/aromatic N) is 2. The first-order valence-corrected chi connectivity index (χ1v) is 6.99. The van der Waals surface area contributed by atoms with Crippen LogP contribution >= 0.6 is 0 Å². The zero-order valence-corrected chi connectivity index (χ0v) is 11.9. The van der Waals surface area contributed by atoms with E-state index in [2.05, 4.69) is 36.1 Å². The second-order valence-electron chi connectivity index (χ2n) is 5.68.